The molecule has 1 amide bonds. The van der Waals surface area contributed by atoms with Crippen molar-refractivity contribution in [1.82, 2.24) is 20.2 Å². The van der Waals surface area contributed by atoms with E-state index in [9.17, 15) is 4.79 Å². The average Bonchev–Trinajstić information content (AvgIpc) is 2.68. The Balaban J connectivity index is 1.43. The number of fused-ring (bicyclic) bond motifs is 1. The molecule has 2 aliphatic rings. The molecule has 25 heavy (non-hydrogen) atoms. The van der Waals surface area contributed by atoms with Crippen molar-refractivity contribution < 1.29 is 4.79 Å². The summed E-state index contributed by atoms with van der Waals surface area (Å²) in [6.07, 6.45) is 3.16. The normalized spacial score (nSPS) is 17.3. The van der Waals surface area contributed by atoms with E-state index in [-0.39, 0.29) is 5.91 Å². The Morgan fingerprint density at radius 2 is 1.92 bits per heavy atom. The molecule has 1 fully saturated rings. The van der Waals surface area contributed by atoms with Gasteiger partial charge in [0, 0.05) is 57.4 Å². The summed E-state index contributed by atoms with van der Waals surface area (Å²) in [4.78, 5) is 26.0. The number of carbonyl (C=O) groups is 1. The Kier molecular flexibility index (Phi) is 4.61. The van der Waals surface area contributed by atoms with Crippen LogP contribution < -0.4 is 10.2 Å². The van der Waals surface area contributed by atoms with Crippen molar-refractivity contribution in [3.63, 3.8) is 0 Å². The number of hydrogen-bond acceptors (Lipinski definition) is 5. The summed E-state index contributed by atoms with van der Waals surface area (Å²) in [5.41, 5.74) is 3.22. The van der Waals surface area contributed by atoms with Crippen molar-refractivity contribution in [2.75, 3.05) is 37.6 Å². The van der Waals surface area contributed by atoms with Gasteiger partial charge < -0.3 is 15.1 Å². The number of amides is 1. The highest BCUT2D eigenvalue weighted by molar-refractivity contribution is 5.79. The number of rotatable bonds is 3. The molecule has 0 saturated carbocycles. The number of piperazine rings is 1. The third-order valence-electron chi connectivity index (χ3n) is 4.87. The Labute approximate surface area is 147 Å². The Hall–Kier alpha value is -2.47. The molecule has 1 aromatic heterocycles. The molecule has 2 aromatic rings. The number of nitrogens with zero attached hydrogens (tertiary/aromatic N) is 4. The fraction of sp³-hybridized carbons (Fsp3) is 0.421. The monoisotopic (exact) mass is 337 g/mol. The van der Waals surface area contributed by atoms with Crippen molar-refractivity contribution in [1.29, 1.82) is 0 Å². The largest absolute Gasteiger partial charge is 0.338 e. The maximum Gasteiger partial charge on any atom is 0.227 e. The van der Waals surface area contributed by atoms with E-state index in [1.165, 1.54) is 0 Å². The molecular formula is C19H23N5O. The first kappa shape index (κ1) is 16.0. The molecule has 6 heteroatoms. The second kappa shape index (κ2) is 7.19. The van der Waals surface area contributed by atoms with Crippen LogP contribution in [0.4, 0.5) is 5.95 Å². The zero-order valence-electron chi connectivity index (χ0n) is 14.3. The molecule has 0 atom stereocenters. The Morgan fingerprint density at radius 1 is 1.12 bits per heavy atom. The van der Waals surface area contributed by atoms with E-state index in [1.54, 1.807) is 0 Å². The Bertz CT molecular complexity index is 743. The molecule has 0 spiro atoms. The zero-order chi connectivity index (χ0) is 17.1. The Morgan fingerprint density at radius 3 is 2.72 bits per heavy atom. The minimum atomic E-state index is 0.169. The van der Waals surface area contributed by atoms with Crippen LogP contribution in [-0.2, 0) is 24.2 Å². The third kappa shape index (κ3) is 3.64. The highest BCUT2D eigenvalue weighted by Crippen LogP contribution is 2.20. The molecule has 0 aliphatic carbocycles. The third-order valence-corrected chi connectivity index (χ3v) is 4.87. The lowest BCUT2D eigenvalue weighted by atomic mass is 10.1. The van der Waals surface area contributed by atoms with E-state index in [2.05, 4.69) is 15.2 Å². The van der Waals surface area contributed by atoms with Gasteiger partial charge in [0.05, 0.1) is 12.1 Å². The molecule has 1 N–H and O–H groups in total. The maximum absolute atomic E-state index is 12.6. The van der Waals surface area contributed by atoms with Crippen LogP contribution in [-0.4, -0.2) is 53.5 Å². The predicted molar refractivity (Wildman–Crippen MR) is 96.4 cm³/mol. The van der Waals surface area contributed by atoms with Crippen molar-refractivity contribution in [2.24, 2.45) is 0 Å². The highest BCUT2D eigenvalue weighted by atomic mass is 16.2. The van der Waals surface area contributed by atoms with Gasteiger partial charge in [0.1, 0.15) is 0 Å². The lowest BCUT2D eigenvalue weighted by Crippen LogP contribution is -2.44. The lowest BCUT2D eigenvalue weighted by Gasteiger charge is -2.31. The highest BCUT2D eigenvalue weighted by Gasteiger charge is 2.23. The van der Waals surface area contributed by atoms with E-state index >= 15 is 0 Å². The van der Waals surface area contributed by atoms with E-state index in [0.717, 1.165) is 61.9 Å². The molecule has 0 radical (unpaired) electrons. The first-order valence-corrected chi connectivity index (χ1v) is 8.92. The summed E-state index contributed by atoms with van der Waals surface area (Å²) >= 11 is 0. The number of hydrogen-bond donors (Lipinski definition) is 1. The smallest absolute Gasteiger partial charge is 0.227 e. The standard InChI is InChI=1S/C19H23N5O/c25-18(12-15-4-2-1-3-5-15)24-9-6-17-16(14-24)13-21-19(22-17)23-10-7-20-8-11-23/h1-5,13,20H,6-12,14H2. The van der Waals surface area contributed by atoms with Gasteiger partial charge >= 0.3 is 0 Å². The van der Waals surface area contributed by atoms with Crippen molar-refractivity contribution in [3.8, 4) is 0 Å². The van der Waals surface area contributed by atoms with Gasteiger partial charge in [-0.25, -0.2) is 9.97 Å². The maximum atomic E-state index is 12.6. The molecule has 1 aromatic carbocycles. The number of carbonyl (C=O) groups excluding carboxylic acids is 1. The minimum Gasteiger partial charge on any atom is -0.338 e. The van der Waals surface area contributed by atoms with E-state index < -0.39 is 0 Å². The van der Waals surface area contributed by atoms with Crippen LogP contribution in [0.25, 0.3) is 0 Å². The first-order valence-electron chi connectivity index (χ1n) is 8.92. The second-order valence-electron chi connectivity index (χ2n) is 6.61. The van der Waals surface area contributed by atoms with Crippen molar-refractivity contribution in [3.05, 3.63) is 53.3 Å². The summed E-state index contributed by atoms with van der Waals surface area (Å²) in [7, 11) is 0. The fourth-order valence-electron chi connectivity index (χ4n) is 3.42. The van der Waals surface area contributed by atoms with Crippen LogP contribution in [0.1, 0.15) is 16.8 Å². The number of benzene rings is 1. The summed E-state index contributed by atoms with van der Waals surface area (Å²) in [5, 5.41) is 3.34. The van der Waals surface area contributed by atoms with E-state index in [4.69, 9.17) is 4.98 Å². The van der Waals surface area contributed by atoms with Gasteiger partial charge in [0.2, 0.25) is 11.9 Å². The molecule has 1 saturated heterocycles. The number of nitrogens with one attached hydrogen (secondary N) is 1. The van der Waals surface area contributed by atoms with Gasteiger partial charge in [-0.3, -0.25) is 4.79 Å². The van der Waals surface area contributed by atoms with Crippen LogP contribution in [0, 0.1) is 0 Å². The zero-order valence-corrected chi connectivity index (χ0v) is 14.3. The van der Waals surface area contributed by atoms with Gasteiger partial charge in [-0.2, -0.15) is 0 Å². The first-order chi connectivity index (χ1) is 12.3. The molecule has 4 rings (SSSR count). The molecule has 0 bridgehead atoms. The second-order valence-corrected chi connectivity index (χ2v) is 6.61. The molecule has 6 nitrogen and oxygen atoms in total. The summed E-state index contributed by atoms with van der Waals surface area (Å²) in [6.45, 7) is 5.19. The van der Waals surface area contributed by atoms with Gasteiger partial charge in [-0.15, -0.1) is 0 Å². The summed E-state index contributed by atoms with van der Waals surface area (Å²) < 4.78 is 0. The lowest BCUT2D eigenvalue weighted by molar-refractivity contribution is -0.131. The van der Waals surface area contributed by atoms with Gasteiger partial charge in [0.15, 0.2) is 0 Å². The number of aromatic nitrogens is 2. The van der Waals surface area contributed by atoms with E-state index in [0.29, 0.717) is 13.0 Å². The minimum absolute atomic E-state index is 0.169. The van der Waals surface area contributed by atoms with Crippen LogP contribution in [0.5, 0.6) is 0 Å². The fourth-order valence-corrected chi connectivity index (χ4v) is 3.42. The topological polar surface area (TPSA) is 61.4 Å². The van der Waals surface area contributed by atoms with Crippen LogP contribution in [0.15, 0.2) is 36.5 Å². The van der Waals surface area contributed by atoms with Crippen LogP contribution in [0.3, 0.4) is 0 Å². The van der Waals surface area contributed by atoms with Crippen molar-refractivity contribution in [2.45, 2.75) is 19.4 Å². The predicted octanol–water partition coefficient (Wildman–Crippen LogP) is 1.01. The average molecular weight is 337 g/mol. The van der Waals surface area contributed by atoms with Gasteiger partial charge in [-0.05, 0) is 5.56 Å². The van der Waals surface area contributed by atoms with Gasteiger partial charge in [-0.1, -0.05) is 30.3 Å². The SMILES string of the molecule is O=C(Cc1ccccc1)N1CCc2nc(N3CCNCC3)ncc2C1. The molecule has 130 valence electrons. The van der Waals surface area contributed by atoms with Gasteiger partial charge in [0.25, 0.3) is 0 Å². The van der Waals surface area contributed by atoms with Crippen molar-refractivity contribution >= 4 is 11.9 Å². The summed E-state index contributed by atoms with van der Waals surface area (Å²) in [6, 6.07) is 9.91. The molecular weight excluding hydrogens is 314 g/mol. The number of anilines is 1. The molecule has 2 aliphatic heterocycles. The molecule has 3 heterocycles. The van der Waals surface area contributed by atoms with Crippen LogP contribution >= 0.6 is 0 Å². The summed E-state index contributed by atoms with van der Waals surface area (Å²) in [5.74, 6) is 0.993. The molecule has 0 unspecified atom stereocenters. The quantitative estimate of drug-likeness (QED) is 0.906. The van der Waals surface area contributed by atoms with Crippen LogP contribution in [0.2, 0.25) is 0 Å². The van der Waals surface area contributed by atoms with E-state index in [1.807, 2.05) is 41.4 Å².